The summed E-state index contributed by atoms with van der Waals surface area (Å²) >= 11 is 2.75. The summed E-state index contributed by atoms with van der Waals surface area (Å²) in [7, 11) is 0. The number of thioether (sulfide) groups is 1. The smallest absolute Gasteiger partial charge is 0.371 e. The molecule has 0 atom stereocenters. The number of thiophene rings is 1. The molecule has 0 amide bonds. The zero-order valence-corrected chi connectivity index (χ0v) is 14.9. The summed E-state index contributed by atoms with van der Waals surface area (Å²) in [4.78, 5) is 32.1. The number of hydrogen-bond donors (Lipinski definition) is 2. The fraction of sp³-hybridized carbons (Fsp3) is 0.0556. The number of hydrogen-bond acceptors (Lipinski definition) is 6. The van der Waals surface area contributed by atoms with Gasteiger partial charge in [-0.15, -0.1) is 11.3 Å². The largest absolute Gasteiger partial charge is 0.475 e. The van der Waals surface area contributed by atoms with Gasteiger partial charge in [0, 0.05) is 4.88 Å². The van der Waals surface area contributed by atoms with Gasteiger partial charge < -0.3 is 14.5 Å². The van der Waals surface area contributed by atoms with E-state index in [-0.39, 0.29) is 11.3 Å². The number of H-pyrrole nitrogens is 1. The van der Waals surface area contributed by atoms with Gasteiger partial charge in [0.25, 0.3) is 5.56 Å². The minimum atomic E-state index is -1.11. The van der Waals surface area contributed by atoms with Gasteiger partial charge in [0.15, 0.2) is 5.16 Å². The molecule has 1 aromatic carbocycles. The number of carboxylic acids is 1. The Balaban J connectivity index is 1.60. The molecular weight excluding hydrogens is 372 g/mol. The van der Waals surface area contributed by atoms with Crippen molar-refractivity contribution in [2.24, 2.45) is 0 Å². The molecular formula is C18H12N2O4S2. The second-order valence-electron chi connectivity index (χ2n) is 5.43. The third-order valence-corrected chi connectivity index (χ3v) is 5.64. The maximum Gasteiger partial charge on any atom is 0.371 e. The SMILES string of the molecule is O=C(O)c1ccc(CSc2nc3sc(-c4ccccc4)cc3c(=O)[nH]2)o1. The topological polar surface area (TPSA) is 96.2 Å². The van der Waals surface area contributed by atoms with Gasteiger partial charge in [-0.3, -0.25) is 4.79 Å². The van der Waals surface area contributed by atoms with E-state index in [1.54, 1.807) is 6.07 Å². The van der Waals surface area contributed by atoms with Crippen LogP contribution in [0.1, 0.15) is 16.3 Å². The highest BCUT2D eigenvalue weighted by atomic mass is 32.2. The van der Waals surface area contributed by atoms with E-state index in [0.717, 1.165) is 10.4 Å². The standard InChI is InChI=1S/C18H12N2O4S2/c21-15-12-8-14(10-4-2-1-3-5-10)26-16(12)20-18(19-15)25-9-11-6-7-13(24-11)17(22)23/h1-8H,9H2,(H,22,23)(H,19,20,21). The molecule has 8 heteroatoms. The molecule has 0 saturated heterocycles. The molecule has 0 fully saturated rings. The molecule has 0 radical (unpaired) electrons. The number of aromatic amines is 1. The van der Waals surface area contributed by atoms with Crippen LogP contribution >= 0.6 is 23.1 Å². The number of fused-ring (bicyclic) bond motifs is 1. The molecule has 0 bridgehead atoms. The third kappa shape index (κ3) is 3.29. The lowest BCUT2D eigenvalue weighted by atomic mass is 10.2. The fourth-order valence-electron chi connectivity index (χ4n) is 2.43. The Bertz CT molecular complexity index is 1140. The van der Waals surface area contributed by atoms with Crippen molar-refractivity contribution in [1.29, 1.82) is 0 Å². The summed E-state index contributed by atoms with van der Waals surface area (Å²) in [5, 5.41) is 9.90. The minimum Gasteiger partial charge on any atom is -0.475 e. The second kappa shape index (κ2) is 6.81. The molecule has 0 spiro atoms. The van der Waals surface area contributed by atoms with Crippen molar-refractivity contribution >= 4 is 39.3 Å². The molecule has 4 rings (SSSR count). The Morgan fingerprint density at radius 2 is 2.04 bits per heavy atom. The number of rotatable bonds is 5. The van der Waals surface area contributed by atoms with E-state index in [2.05, 4.69) is 9.97 Å². The highest BCUT2D eigenvalue weighted by molar-refractivity contribution is 7.98. The minimum absolute atomic E-state index is 0.108. The zero-order chi connectivity index (χ0) is 18.1. The van der Waals surface area contributed by atoms with Crippen molar-refractivity contribution in [3.05, 3.63) is 70.4 Å². The van der Waals surface area contributed by atoms with Crippen LogP contribution in [0.3, 0.4) is 0 Å². The molecule has 0 aliphatic heterocycles. The molecule has 3 aromatic heterocycles. The summed E-state index contributed by atoms with van der Waals surface area (Å²) in [5.74, 6) is -0.339. The molecule has 6 nitrogen and oxygen atoms in total. The highest BCUT2D eigenvalue weighted by Crippen LogP contribution is 2.31. The predicted octanol–water partition coefficient (Wildman–Crippen LogP) is 4.24. The van der Waals surface area contributed by atoms with Gasteiger partial charge in [0.1, 0.15) is 10.6 Å². The van der Waals surface area contributed by atoms with Crippen molar-refractivity contribution < 1.29 is 14.3 Å². The maximum atomic E-state index is 12.3. The van der Waals surface area contributed by atoms with Crippen molar-refractivity contribution in [3.8, 4) is 10.4 Å². The Morgan fingerprint density at radius 1 is 1.23 bits per heavy atom. The molecule has 130 valence electrons. The monoisotopic (exact) mass is 384 g/mol. The second-order valence-corrected chi connectivity index (χ2v) is 7.42. The van der Waals surface area contributed by atoms with Crippen LogP contribution in [0, 0.1) is 0 Å². The van der Waals surface area contributed by atoms with E-state index < -0.39 is 5.97 Å². The molecule has 0 unspecified atom stereocenters. The fourth-order valence-corrected chi connectivity index (χ4v) is 4.28. The highest BCUT2D eigenvalue weighted by Gasteiger charge is 2.12. The number of benzene rings is 1. The number of aromatic nitrogens is 2. The summed E-state index contributed by atoms with van der Waals surface area (Å²) in [5.41, 5.74) is 0.850. The van der Waals surface area contributed by atoms with Crippen LogP contribution in [0.4, 0.5) is 0 Å². The van der Waals surface area contributed by atoms with E-state index in [1.807, 2.05) is 36.4 Å². The van der Waals surface area contributed by atoms with E-state index in [0.29, 0.717) is 26.9 Å². The van der Waals surface area contributed by atoms with E-state index in [4.69, 9.17) is 9.52 Å². The first-order chi connectivity index (χ1) is 12.6. The number of furan rings is 1. The lowest BCUT2D eigenvalue weighted by molar-refractivity contribution is 0.0661. The first kappa shape index (κ1) is 16.6. The van der Waals surface area contributed by atoms with Gasteiger partial charge in [-0.25, -0.2) is 9.78 Å². The van der Waals surface area contributed by atoms with Gasteiger partial charge in [-0.1, -0.05) is 42.1 Å². The molecule has 26 heavy (non-hydrogen) atoms. The third-order valence-electron chi connectivity index (χ3n) is 3.66. The lowest BCUT2D eigenvalue weighted by Gasteiger charge is -1.98. The van der Waals surface area contributed by atoms with E-state index in [1.165, 1.54) is 29.2 Å². The zero-order valence-electron chi connectivity index (χ0n) is 13.3. The number of nitrogens with zero attached hydrogens (tertiary/aromatic N) is 1. The maximum absolute atomic E-state index is 12.3. The van der Waals surface area contributed by atoms with Crippen LogP contribution in [0.2, 0.25) is 0 Å². The molecule has 4 aromatic rings. The van der Waals surface area contributed by atoms with Crippen LogP contribution in [-0.4, -0.2) is 21.0 Å². The normalized spacial score (nSPS) is 11.1. The van der Waals surface area contributed by atoms with Gasteiger partial charge in [0.05, 0.1) is 11.1 Å². The first-order valence-corrected chi connectivity index (χ1v) is 9.44. The Kier molecular flexibility index (Phi) is 4.36. The quantitative estimate of drug-likeness (QED) is 0.395. The van der Waals surface area contributed by atoms with E-state index in [9.17, 15) is 9.59 Å². The van der Waals surface area contributed by atoms with Crippen molar-refractivity contribution in [2.45, 2.75) is 10.9 Å². The van der Waals surface area contributed by atoms with Crippen LogP contribution in [0.15, 0.2) is 62.9 Å². The molecule has 3 heterocycles. The Labute approximate surface area is 155 Å². The summed E-state index contributed by atoms with van der Waals surface area (Å²) in [6, 6.07) is 14.7. The number of carbonyl (C=O) groups is 1. The molecule has 0 aliphatic carbocycles. The average Bonchev–Trinajstić information content (AvgIpc) is 3.28. The van der Waals surface area contributed by atoms with E-state index >= 15 is 0 Å². The Hall–Kier alpha value is -2.84. The number of carboxylic acid groups (broad SMARTS) is 1. The summed E-state index contributed by atoms with van der Waals surface area (Å²) in [6.45, 7) is 0. The van der Waals surface area contributed by atoms with Crippen molar-refractivity contribution in [1.82, 2.24) is 9.97 Å². The Morgan fingerprint density at radius 3 is 2.77 bits per heavy atom. The molecule has 0 aliphatic rings. The van der Waals surface area contributed by atoms with Crippen LogP contribution < -0.4 is 5.56 Å². The summed E-state index contributed by atoms with van der Waals surface area (Å²) in [6.07, 6.45) is 0. The molecule has 2 N–H and O–H groups in total. The lowest BCUT2D eigenvalue weighted by Crippen LogP contribution is -2.07. The first-order valence-electron chi connectivity index (χ1n) is 7.64. The van der Waals surface area contributed by atoms with Gasteiger partial charge >= 0.3 is 5.97 Å². The van der Waals surface area contributed by atoms with Crippen LogP contribution in [-0.2, 0) is 5.75 Å². The molecule has 0 saturated carbocycles. The predicted molar refractivity (Wildman–Crippen MR) is 101 cm³/mol. The van der Waals surface area contributed by atoms with Crippen molar-refractivity contribution in [3.63, 3.8) is 0 Å². The number of nitrogens with one attached hydrogen (secondary N) is 1. The number of aromatic carboxylic acids is 1. The van der Waals surface area contributed by atoms with Crippen LogP contribution in [0.25, 0.3) is 20.7 Å². The van der Waals surface area contributed by atoms with Crippen molar-refractivity contribution in [2.75, 3.05) is 0 Å². The average molecular weight is 384 g/mol. The van der Waals surface area contributed by atoms with Gasteiger partial charge in [-0.2, -0.15) is 0 Å². The van der Waals surface area contributed by atoms with Crippen LogP contribution in [0.5, 0.6) is 0 Å². The van der Waals surface area contributed by atoms with Gasteiger partial charge in [-0.05, 0) is 23.8 Å². The summed E-state index contributed by atoms with van der Waals surface area (Å²) < 4.78 is 5.21. The van der Waals surface area contributed by atoms with Gasteiger partial charge in [0.2, 0.25) is 5.76 Å².